The smallest absolute Gasteiger partial charge is 0.135 e. The first kappa shape index (κ1) is 29.7. The molecule has 0 saturated carbocycles. The molecule has 0 spiro atoms. The Kier molecular flexibility index (Phi) is 6.62. The fourth-order valence-electron chi connectivity index (χ4n) is 8.70. The molecule has 0 saturated heterocycles. The molecule has 1 heterocycles. The standard InChI is InChI=1S/C52H32O/c1-2-15-38-35(13-1)31-47(41-18-6-5-16-39(38)41)40-17-4-3-14-37(40)33-25-27-34(28-26-33)51-43-20-7-9-22-45(43)52(46-23-10-8-21-44(46)51)36-29-30-50-48(32-36)42-19-11-12-24-49(42)53-50/h1-32H. The van der Waals surface area contributed by atoms with Crippen molar-refractivity contribution in [3.8, 4) is 44.5 Å². The van der Waals surface area contributed by atoms with Crippen LogP contribution in [0.4, 0.5) is 0 Å². The molecule has 0 amide bonds. The van der Waals surface area contributed by atoms with Gasteiger partial charge in [0.2, 0.25) is 0 Å². The zero-order valence-corrected chi connectivity index (χ0v) is 28.9. The molecule has 0 unspecified atom stereocenters. The van der Waals surface area contributed by atoms with Crippen molar-refractivity contribution in [2.45, 2.75) is 0 Å². The maximum atomic E-state index is 6.21. The number of fused-ring (bicyclic) bond motifs is 8. The molecule has 1 heteroatoms. The molecule has 0 atom stereocenters. The Morgan fingerprint density at radius 3 is 1.42 bits per heavy atom. The van der Waals surface area contributed by atoms with Crippen molar-refractivity contribution in [2.75, 3.05) is 0 Å². The van der Waals surface area contributed by atoms with Crippen molar-refractivity contribution in [2.24, 2.45) is 0 Å². The van der Waals surface area contributed by atoms with E-state index in [-0.39, 0.29) is 0 Å². The van der Waals surface area contributed by atoms with Crippen molar-refractivity contribution in [1.29, 1.82) is 0 Å². The van der Waals surface area contributed by atoms with Gasteiger partial charge in [0.05, 0.1) is 0 Å². The second-order valence-corrected chi connectivity index (χ2v) is 14.0. The SMILES string of the molecule is c1ccc(-c2cc3ccccc3c3ccccc23)c(-c2ccc(-c3c4ccccc4c(-c4ccc5oc6ccccc6c5c4)c4ccccc34)cc2)c1. The van der Waals surface area contributed by atoms with Crippen LogP contribution in [0.3, 0.4) is 0 Å². The van der Waals surface area contributed by atoms with E-state index >= 15 is 0 Å². The minimum Gasteiger partial charge on any atom is -0.456 e. The Bertz CT molecular complexity index is 3160. The van der Waals surface area contributed by atoms with Gasteiger partial charge in [0.25, 0.3) is 0 Å². The second kappa shape index (κ2) is 11.8. The van der Waals surface area contributed by atoms with Crippen LogP contribution in [0, 0.1) is 0 Å². The van der Waals surface area contributed by atoms with Crippen molar-refractivity contribution >= 4 is 65.0 Å². The van der Waals surface area contributed by atoms with Gasteiger partial charge < -0.3 is 4.42 Å². The fraction of sp³-hybridized carbons (Fsp3) is 0. The van der Waals surface area contributed by atoms with E-state index < -0.39 is 0 Å². The van der Waals surface area contributed by atoms with E-state index in [9.17, 15) is 0 Å². The first-order chi connectivity index (χ1) is 26.3. The number of benzene rings is 10. The van der Waals surface area contributed by atoms with E-state index in [0.717, 1.165) is 21.9 Å². The normalized spacial score (nSPS) is 11.8. The predicted octanol–water partition coefficient (Wildman–Crippen LogP) is 14.9. The van der Waals surface area contributed by atoms with Gasteiger partial charge >= 0.3 is 0 Å². The molecule has 0 radical (unpaired) electrons. The van der Waals surface area contributed by atoms with Crippen LogP contribution in [-0.2, 0) is 0 Å². The summed E-state index contributed by atoms with van der Waals surface area (Å²) >= 11 is 0. The molecule has 0 bridgehead atoms. The van der Waals surface area contributed by atoms with Crippen molar-refractivity contribution in [3.63, 3.8) is 0 Å². The van der Waals surface area contributed by atoms with Gasteiger partial charge in [-0.15, -0.1) is 0 Å². The molecule has 53 heavy (non-hydrogen) atoms. The second-order valence-electron chi connectivity index (χ2n) is 14.0. The molecule has 0 fully saturated rings. The molecule has 11 rings (SSSR count). The average molecular weight is 673 g/mol. The van der Waals surface area contributed by atoms with Gasteiger partial charge in [-0.1, -0.05) is 170 Å². The van der Waals surface area contributed by atoms with Gasteiger partial charge in [-0.05, 0) is 112 Å². The average Bonchev–Trinajstić information content (AvgIpc) is 3.60. The highest BCUT2D eigenvalue weighted by atomic mass is 16.3. The third-order valence-electron chi connectivity index (χ3n) is 11.1. The van der Waals surface area contributed by atoms with Crippen LogP contribution in [0.5, 0.6) is 0 Å². The molecule has 0 aliphatic heterocycles. The molecule has 11 aromatic rings. The molecule has 10 aromatic carbocycles. The van der Waals surface area contributed by atoms with Crippen LogP contribution in [0.25, 0.3) is 110 Å². The molecule has 0 aliphatic carbocycles. The molecule has 246 valence electrons. The monoisotopic (exact) mass is 672 g/mol. The largest absolute Gasteiger partial charge is 0.456 e. The third kappa shape index (κ3) is 4.64. The van der Waals surface area contributed by atoms with Crippen LogP contribution in [0.1, 0.15) is 0 Å². The zero-order chi connectivity index (χ0) is 34.9. The summed E-state index contributed by atoms with van der Waals surface area (Å²) in [5.74, 6) is 0. The van der Waals surface area contributed by atoms with E-state index in [1.165, 1.54) is 87.6 Å². The van der Waals surface area contributed by atoms with Crippen LogP contribution in [0.2, 0.25) is 0 Å². The van der Waals surface area contributed by atoms with E-state index in [0.29, 0.717) is 0 Å². The molecular formula is C52H32O. The van der Waals surface area contributed by atoms with Gasteiger partial charge in [0, 0.05) is 10.8 Å². The summed E-state index contributed by atoms with van der Waals surface area (Å²) in [5, 5.41) is 12.4. The van der Waals surface area contributed by atoms with Gasteiger partial charge in [0.15, 0.2) is 0 Å². The number of rotatable bonds is 4. The summed E-state index contributed by atoms with van der Waals surface area (Å²) in [6, 6.07) is 70.6. The predicted molar refractivity (Wildman–Crippen MR) is 225 cm³/mol. The Balaban J connectivity index is 1.08. The third-order valence-corrected chi connectivity index (χ3v) is 11.1. The lowest BCUT2D eigenvalue weighted by Crippen LogP contribution is -1.91. The molecular weight excluding hydrogens is 641 g/mol. The Labute approximate surface area is 307 Å². The molecule has 1 aromatic heterocycles. The topological polar surface area (TPSA) is 13.1 Å². The van der Waals surface area contributed by atoms with Crippen LogP contribution < -0.4 is 0 Å². The van der Waals surface area contributed by atoms with Gasteiger partial charge in [-0.3, -0.25) is 0 Å². The number of hydrogen-bond acceptors (Lipinski definition) is 1. The highest BCUT2D eigenvalue weighted by Gasteiger charge is 2.19. The maximum Gasteiger partial charge on any atom is 0.135 e. The lowest BCUT2D eigenvalue weighted by molar-refractivity contribution is 0.669. The lowest BCUT2D eigenvalue weighted by Gasteiger charge is -2.18. The maximum absolute atomic E-state index is 6.21. The van der Waals surface area contributed by atoms with E-state index in [2.05, 4.69) is 182 Å². The quantitative estimate of drug-likeness (QED) is 0.134. The van der Waals surface area contributed by atoms with Crippen molar-refractivity contribution in [3.05, 3.63) is 194 Å². The minimum absolute atomic E-state index is 0.913. The first-order valence-corrected chi connectivity index (χ1v) is 18.3. The van der Waals surface area contributed by atoms with Gasteiger partial charge in [-0.2, -0.15) is 0 Å². The zero-order valence-electron chi connectivity index (χ0n) is 28.9. The summed E-state index contributed by atoms with van der Waals surface area (Å²) < 4.78 is 6.21. The lowest BCUT2D eigenvalue weighted by atomic mass is 9.85. The van der Waals surface area contributed by atoms with Crippen LogP contribution >= 0.6 is 0 Å². The van der Waals surface area contributed by atoms with E-state index in [1.54, 1.807) is 0 Å². The fourth-order valence-corrected chi connectivity index (χ4v) is 8.70. The summed E-state index contributed by atoms with van der Waals surface area (Å²) in [5.41, 5.74) is 11.7. The number of furan rings is 1. The Hall–Kier alpha value is -6.96. The molecule has 1 nitrogen and oxygen atoms in total. The van der Waals surface area contributed by atoms with Gasteiger partial charge in [-0.25, -0.2) is 0 Å². The summed E-state index contributed by atoms with van der Waals surface area (Å²) in [7, 11) is 0. The van der Waals surface area contributed by atoms with Crippen molar-refractivity contribution in [1.82, 2.24) is 0 Å². The highest BCUT2D eigenvalue weighted by Crippen LogP contribution is 2.46. The minimum atomic E-state index is 0.913. The van der Waals surface area contributed by atoms with Crippen LogP contribution in [0.15, 0.2) is 199 Å². The Morgan fingerprint density at radius 2 is 0.717 bits per heavy atom. The highest BCUT2D eigenvalue weighted by molar-refractivity contribution is 6.22. The Morgan fingerprint density at radius 1 is 0.245 bits per heavy atom. The summed E-state index contributed by atoms with van der Waals surface area (Å²) in [6.45, 7) is 0. The first-order valence-electron chi connectivity index (χ1n) is 18.3. The summed E-state index contributed by atoms with van der Waals surface area (Å²) in [6.07, 6.45) is 0. The number of hydrogen-bond donors (Lipinski definition) is 0. The molecule has 0 N–H and O–H groups in total. The van der Waals surface area contributed by atoms with Crippen LogP contribution in [-0.4, -0.2) is 0 Å². The molecule has 0 aliphatic rings. The van der Waals surface area contributed by atoms with Gasteiger partial charge in [0.1, 0.15) is 11.2 Å². The summed E-state index contributed by atoms with van der Waals surface area (Å²) in [4.78, 5) is 0. The van der Waals surface area contributed by atoms with Crippen molar-refractivity contribution < 1.29 is 4.42 Å². The van der Waals surface area contributed by atoms with E-state index in [4.69, 9.17) is 4.42 Å². The van der Waals surface area contributed by atoms with E-state index in [1.807, 2.05) is 12.1 Å². The number of para-hydroxylation sites is 1.